The Kier molecular flexibility index (Phi) is 2.90. The van der Waals surface area contributed by atoms with Crippen LogP contribution in [-0.2, 0) is 0 Å². The first-order valence-electron chi connectivity index (χ1n) is 3.32. The molecule has 2 nitrogen and oxygen atoms in total. The van der Waals surface area contributed by atoms with Crippen molar-refractivity contribution in [2.24, 2.45) is 4.99 Å². The van der Waals surface area contributed by atoms with E-state index in [0.717, 1.165) is 5.69 Å². The Labute approximate surface area is 71.0 Å². The lowest BCUT2D eigenvalue weighted by Crippen LogP contribution is -1.91. The molecular weight excluding hydrogens is 156 g/mol. The first kappa shape index (κ1) is 8.05. The molecular formula is C8H8N2S. The normalized spacial score (nSPS) is 11.7. The first-order chi connectivity index (χ1) is 5.34. The Balaban J connectivity index is 2.84. The van der Waals surface area contributed by atoms with Crippen LogP contribution in [0.25, 0.3) is 0 Å². The second-order valence-electron chi connectivity index (χ2n) is 2.15. The highest BCUT2D eigenvalue weighted by atomic mass is 32.1. The van der Waals surface area contributed by atoms with Crippen LogP contribution in [-0.4, -0.2) is 10.1 Å². The van der Waals surface area contributed by atoms with E-state index in [1.165, 1.54) is 0 Å². The Morgan fingerprint density at radius 2 is 2.45 bits per heavy atom. The Morgan fingerprint density at radius 1 is 1.64 bits per heavy atom. The van der Waals surface area contributed by atoms with Gasteiger partial charge in [-0.3, -0.25) is 4.98 Å². The lowest BCUT2D eigenvalue weighted by molar-refractivity contribution is 0.790. The lowest BCUT2D eigenvalue weighted by atomic mass is 10.2. The smallest absolute Gasteiger partial charge is 0.0994 e. The highest BCUT2D eigenvalue weighted by Gasteiger charge is 2.00. The molecule has 0 radical (unpaired) electrons. The number of nitrogens with zero attached hydrogens (tertiary/aromatic N) is 2. The molecule has 0 aliphatic heterocycles. The predicted molar refractivity (Wildman–Crippen MR) is 47.7 cm³/mol. The van der Waals surface area contributed by atoms with E-state index in [0.29, 0.717) is 0 Å². The quantitative estimate of drug-likeness (QED) is 0.494. The SMILES string of the molecule is C[C@H](N=C=S)c1ccccn1. The summed E-state index contributed by atoms with van der Waals surface area (Å²) in [6.07, 6.45) is 1.74. The molecule has 0 fully saturated rings. The largest absolute Gasteiger partial charge is 0.259 e. The topological polar surface area (TPSA) is 25.2 Å². The summed E-state index contributed by atoms with van der Waals surface area (Å²) in [6, 6.07) is 5.74. The number of thiocarbonyl (C=S) groups is 1. The van der Waals surface area contributed by atoms with E-state index in [-0.39, 0.29) is 6.04 Å². The van der Waals surface area contributed by atoms with Crippen LogP contribution in [0.3, 0.4) is 0 Å². The van der Waals surface area contributed by atoms with Gasteiger partial charge in [0.25, 0.3) is 0 Å². The highest BCUT2D eigenvalue weighted by molar-refractivity contribution is 7.78. The van der Waals surface area contributed by atoms with E-state index in [1.807, 2.05) is 25.1 Å². The molecule has 0 saturated carbocycles. The molecule has 0 bridgehead atoms. The summed E-state index contributed by atoms with van der Waals surface area (Å²) in [7, 11) is 0. The molecule has 0 unspecified atom stereocenters. The summed E-state index contributed by atoms with van der Waals surface area (Å²) in [5.74, 6) is 0. The standard InChI is InChI=1S/C8H8N2S/c1-7(10-6-11)8-4-2-3-5-9-8/h2-5,7H,1H3/t7-/m0/s1. The minimum absolute atomic E-state index is 0.0219. The van der Waals surface area contributed by atoms with Crippen LogP contribution in [0.2, 0.25) is 0 Å². The van der Waals surface area contributed by atoms with Crippen LogP contribution < -0.4 is 0 Å². The monoisotopic (exact) mass is 164 g/mol. The molecule has 1 atom stereocenters. The summed E-state index contributed by atoms with van der Waals surface area (Å²) in [6.45, 7) is 1.93. The van der Waals surface area contributed by atoms with Gasteiger partial charge in [0.15, 0.2) is 0 Å². The molecule has 11 heavy (non-hydrogen) atoms. The van der Waals surface area contributed by atoms with Crippen molar-refractivity contribution >= 4 is 17.4 Å². The number of hydrogen-bond donors (Lipinski definition) is 0. The zero-order valence-corrected chi connectivity index (χ0v) is 7.01. The van der Waals surface area contributed by atoms with Crippen molar-refractivity contribution in [2.75, 3.05) is 0 Å². The molecule has 56 valence electrons. The van der Waals surface area contributed by atoms with Crippen molar-refractivity contribution in [1.82, 2.24) is 4.98 Å². The van der Waals surface area contributed by atoms with E-state index >= 15 is 0 Å². The number of rotatable bonds is 2. The average Bonchev–Trinajstić information content (AvgIpc) is 2.07. The van der Waals surface area contributed by atoms with Gasteiger partial charge in [0, 0.05) is 6.20 Å². The van der Waals surface area contributed by atoms with Gasteiger partial charge in [0.1, 0.15) is 0 Å². The summed E-state index contributed by atoms with van der Waals surface area (Å²) in [4.78, 5) is 8.01. The Morgan fingerprint density at radius 3 is 3.00 bits per heavy atom. The lowest BCUT2D eigenvalue weighted by Gasteiger charge is -2.00. The van der Waals surface area contributed by atoms with Crippen LogP contribution >= 0.6 is 12.2 Å². The van der Waals surface area contributed by atoms with E-state index in [1.54, 1.807) is 6.20 Å². The molecule has 1 heterocycles. The summed E-state index contributed by atoms with van der Waals surface area (Å²) in [5, 5.41) is 2.33. The molecule has 0 amide bonds. The maximum Gasteiger partial charge on any atom is 0.0994 e. The van der Waals surface area contributed by atoms with E-state index in [2.05, 4.69) is 27.4 Å². The van der Waals surface area contributed by atoms with Crippen molar-refractivity contribution in [3.05, 3.63) is 30.1 Å². The van der Waals surface area contributed by atoms with Gasteiger partial charge in [-0.1, -0.05) is 6.07 Å². The summed E-state index contributed by atoms with van der Waals surface area (Å²) in [5.41, 5.74) is 0.921. The van der Waals surface area contributed by atoms with Gasteiger partial charge in [-0.15, -0.1) is 0 Å². The van der Waals surface area contributed by atoms with Crippen molar-refractivity contribution in [3.63, 3.8) is 0 Å². The molecule has 0 N–H and O–H groups in total. The summed E-state index contributed by atoms with van der Waals surface area (Å²) < 4.78 is 0. The molecule has 0 spiro atoms. The first-order valence-corrected chi connectivity index (χ1v) is 3.73. The van der Waals surface area contributed by atoms with Crippen molar-refractivity contribution in [1.29, 1.82) is 0 Å². The van der Waals surface area contributed by atoms with Gasteiger partial charge in [-0.05, 0) is 31.3 Å². The summed E-state index contributed by atoms with van der Waals surface area (Å²) >= 11 is 4.48. The predicted octanol–water partition coefficient (Wildman–Crippen LogP) is 2.25. The van der Waals surface area contributed by atoms with Gasteiger partial charge >= 0.3 is 0 Å². The van der Waals surface area contributed by atoms with Gasteiger partial charge < -0.3 is 0 Å². The fourth-order valence-corrected chi connectivity index (χ4v) is 0.926. The van der Waals surface area contributed by atoms with Crippen molar-refractivity contribution in [3.8, 4) is 0 Å². The average molecular weight is 164 g/mol. The number of hydrogen-bond acceptors (Lipinski definition) is 3. The van der Waals surface area contributed by atoms with Crippen LogP contribution in [0.15, 0.2) is 29.4 Å². The molecule has 0 saturated heterocycles. The van der Waals surface area contributed by atoms with Crippen molar-refractivity contribution in [2.45, 2.75) is 13.0 Å². The minimum Gasteiger partial charge on any atom is -0.259 e. The molecule has 1 rings (SSSR count). The van der Waals surface area contributed by atoms with Gasteiger partial charge in [-0.25, -0.2) is 4.99 Å². The molecule has 0 aliphatic rings. The fraction of sp³-hybridized carbons (Fsp3) is 0.250. The molecule has 3 heteroatoms. The van der Waals surface area contributed by atoms with E-state index < -0.39 is 0 Å². The Hall–Kier alpha value is -1.05. The second kappa shape index (κ2) is 3.96. The molecule has 0 aromatic carbocycles. The maximum absolute atomic E-state index is 4.48. The van der Waals surface area contributed by atoms with Crippen LogP contribution in [0.5, 0.6) is 0 Å². The van der Waals surface area contributed by atoms with Crippen LogP contribution in [0, 0.1) is 0 Å². The Bertz CT molecular complexity index is 265. The molecule has 0 aliphatic carbocycles. The number of aliphatic imine (C=N–C) groups is 1. The van der Waals surface area contributed by atoms with E-state index in [4.69, 9.17) is 0 Å². The third-order valence-corrected chi connectivity index (χ3v) is 1.47. The van der Waals surface area contributed by atoms with Gasteiger partial charge in [-0.2, -0.15) is 0 Å². The highest BCUT2D eigenvalue weighted by Crippen LogP contribution is 2.11. The zero-order valence-electron chi connectivity index (χ0n) is 6.19. The maximum atomic E-state index is 4.48. The van der Waals surface area contributed by atoms with E-state index in [9.17, 15) is 0 Å². The number of aromatic nitrogens is 1. The molecule has 1 aromatic rings. The molecule has 1 aromatic heterocycles. The number of pyridine rings is 1. The third-order valence-electron chi connectivity index (χ3n) is 1.36. The van der Waals surface area contributed by atoms with Crippen LogP contribution in [0.1, 0.15) is 18.7 Å². The third kappa shape index (κ3) is 2.22. The minimum atomic E-state index is 0.0219. The second-order valence-corrected chi connectivity index (χ2v) is 2.33. The van der Waals surface area contributed by atoms with Crippen LogP contribution in [0.4, 0.5) is 0 Å². The van der Waals surface area contributed by atoms with Crippen molar-refractivity contribution < 1.29 is 0 Å². The van der Waals surface area contributed by atoms with Gasteiger partial charge in [0.05, 0.1) is 16.9 Å². The fourth-order valence-electron chi connectivity index (χ4n) is 0.768. The zero-order chi connectivity index (χ0) is 8.10. The number of isothiocyanates is 1. The van der Waals surface area contributed by atoms with Gasteiger partial charge in [0.2, 0.25) is 0 Å².